The lowest BCUT2D eigenvalue weighted by molar-refractivity contribution is -0.122. The lowest BCUT2D eigenvalue weighted by Crippen LogP contribution is -2.33. The first kappa shape index (κ1) is 18.0. The van der Waals surface area contributed by atoms with Gasteiger partial charge in [-0.05, 0) is 32.4 Å². The SMILES string of the molecule is CCC(=O)NCCCc1nc2ccccc2n1CC(=O)NC(C)C. The fourth-order valence-electron chi connectivity index (χ4n) is 2.60. The van der Waals surface area contributed by atoms with Gasteiger partial charge in [0.25, 0.3) is 0 Å². The van der Waals surface area contributed by atoms with Crippen molar-refractivity contribution in [2.45, 2.75) is 52.6 Å². The van der Waals surface area contributed by atoms with Crippen LogP contribution in [0.25, 0.3) is 11.0 Å². The minimum absolute atomic E-state index is 0.0197. The average molecular weight is 330 g/mol. The first-order valence-electron chi connectivity index (χ1n) is 8.51. The molecule has 1 heterocycles. The number of imidazole rings is 1. The summed E-state index contributed by atoms with van der Waals surface area (Å²) in [6, 6.07) is 7.94. The summed E-state index contributed by atoms with van der Waals surface area (Å²) >= 11 is 0. The Bertz CT molecular complexity index is 706. The third-order valence-corrected chi connectivity index (χ3v) is 3.71. The number of nitrogens with zero attached hydrogens (tertiary/aromatic N) is 2. The van der Waals surface area contributed by atoms with E-state index in [1.54, 1.807) is 0 Å². The van der Waals surface area contributed by atoms with Gasteiger partial charge in [-0.15, -0.1) is 0 Å². The topological polar surface area (TPSA) is 76.0 Å². The predicted molar refractivity (Wildman–Crippen MR) is 94.6 cm³/mol. The second-order valence-electron chi connectivity index (χ2n) is 6.13. The molecule has 0 aliphatic carbocycles. The molecule has 0 atom stereocenters. The molecule has 0 spiro atoms. The average Bonchev–Trinajstić information content (AvgIpc) is 2.88. The van der Waals surface area contributed by atoms with Crippen LogP contribution in [-0.2, 0) is 22.6 Å². The van der Waals surface area contributed by atoms with Gasteiger partial charge in [0, 0.05) is 25.4 Å². The van der Waals surface area contributed by atoms with Crippen LogP contribution in [0.5, 0.6) is 0 Å². The van der Waals surface area contributed by atoms with Crippen LogP contribution in [0.3, 0.4) is 0 Å². The Hall–Kier alpha value is -2.37. The molecule has 0 aliphatic rings. The van der Waals surface area contributed by atoms with Gasteiger partial charge in [0.15, 0.2) is 0 Å². The lowest BCUT2D eigenvalue weighted by atomic mass is 10.3. The first-order chi connectivity index (χ1) is 11.5. The minimum atomic E-state index is -0.0197. The van der Waals surface area contributed by atoms with E-state index in [-0.39, 0.29) is 24.4 Å². The summed E-state index contributed by atoms with van der Waals surface area (Å²) in [5.41, 5.74) is 1.85. The number of nitrogens with one attached hydrogen (secondary N) is 2. The molecule has 1 aromatic carbocycles. The fourth-order valence-corrected chi connectivity index (χ4v) is 2.60. The number of hydrogen-bond donors (Lipinski definition) is 2. The molecule has 0 saturated heterocycles. The van der Waals surface area contributed by atoms with Crippen molar-refractivity contribution in [3.8, 4) is 0 Å². The molecular weight excluding hydrogens is 304 g/mol. The maximum atomic E-state index is 12.2. The quantitative estimate of drug-likeness (QED) is 0.727. The van der Waals surface area contributed by atoms with Crippen molar-refractivity contribution < 1.29 is 9.59 Å². The van der Waals surface area contributed by atoms with Gasteiger partial charge >= 0.3 is 0 Å². The maximum Gasteiger partial charge on any atom is 0.240 e. The third-order valence-electron chi connectivity index (χ3n) is 3.71. The molecule has 0 bridgehead atoms. The van der Waals surface area contributed by atoms with Gasteiger partial charge in [0.05, 0.1) is 11.0 Å². The van der Waals surface area contributed by atoms with Gasteiger partial charge in [-0.3, -0.25) is 9.59 Å². The Kier molecular flexibility index (Phi) is 6.35. The number of aromatic nitrogens is 2. The number of carbonyl (C=O) groups excluding carboxylic acids is 2. The largest absolute Gasteiger partial charge is 0.356 e. The standard InChI is InChI=1S/C18H26N4O2/c1-4-17(23)19-11-7-10-16-21-14-8-5-6-9-15(14)22(16)12-18(24)20-13(2)3/h5-6,8-9,13H,4,7,10-12H2,1-3H3,(H,19,23)(H,20,24). The van der Waals surface area contributed by atoms with Crippen LogP contribution < -0.4 is 10.6 Å². The van der Waals surface area contributed by atoms with Crippen LogP contribution in [0, 0.1) is 0 Å². The van der Waals surface area contributed by atoms with Crippen molar-refractivity contribution in [1.82, 2.24) is 20.2 Å². The van der Waals surface area contributed by atoms with Gasteiger partial charge in [0.1, 0.15) is 12.4 Å². The minimum Gasteiger partial charge on any atom is -0.356 e. The lowest BCUT2D eigenvalue weighted by Gasteiger charge is -2.12. The molecule has 6 heteroatoms. The van der Waals surface area contributed by atoms with Crippen LogP contribution in [-0.4, -0.2) is 34.0 Å². The Morgan fingerprint density at radius 3 is 2.67 bits per heavy atom. The number of amides is 2. The normalized spacial score (nSPS) is 11.0. The van der Waals surface area contributed by atoms with Gasteiger partial charge in [0.2, 0.25) is 11.8 Å². The maximum absolute atomic E-state index is 12.2. The number of fused-ring (bicyclic) bond motifs is 1. The number of hydrogen-bond acceptors (Lipinski definition) is 3. The van der Waals surface area contributed by atoms with E-state index in [1.165, 1.54) is 0 Å². The Morgan fingerprint density at radius 2 is 1.96 bits per heavy atom. The van der Waals surface area contributed by atoms with E-state index >= 15 is 0 Å². The van der Waals surface area contributed by atoms with E-state index in [9.17, 15) is 9.59 Å². The van der Waals surface area contributed by atoms with Crippen LogP contribution in [0.4, 0.5) is 0 Å². The van der Waals surface area contributed by atoms with E-state index in [0.29, 0.717) is 19.4 Å². The molecule has 0 aliphatic heterocycles. The zero-order chi connectivity index (χ0) is 17.5. The summed E-state index contributed by atoms with van der Waals surface area (Å²) in [5, 5.41) is 5.79. The summed E-state index contributed by atoms with van der Waals surface area (Å²) in [6.07, 6.45) is 2.00. The van der Waals surface area contributed by atoms with Crippen molar-refractivity contribution in [2.24, 2.45) is 0 Å². The molecule has 2 N–H and O–H groups in total. The Labute approximate surface area is 142 Å². The second-order valence-corrected chi connectivity index (χ2v) is 6.13. The highest BCUT2D eigenvalue weighted by atomic mass is 16.2. The van der Waals surface area contributed by atoms with E-state index in [4.69, 9.17) is 0 Å². The molecule has 1 aromatic heterocycles. The van der Waals surface area contributed by atoms with E-state index < -0.39 is 0 Å². The predicted octanol–water partition coefficient (Wildman–Crippen LogP) is 2.02. The van der Waals surface area contributed by atoms with Gasteiger partial charge < -0.3 is 15.2 Å². The Balaban J connectivity index is 2.11. The van der Waals surface area contributed by atoms with Gasteiger partial charge in [-0.1, -0.05) is 19.1 Å². The van der Waals surface area contributed by atoms with Crippen molar-refractivity contribution in [1.29, 1.82) is 0 Å². The summed E-state index contributed by atoms with van der Waals surface area (Å²) in [6.45, 7) is 6.61. The highest BCUT2D eigenvalue weighted by molar-refractivity contribution is 5.81. The zero-order valence-electron chi connectivity index (χ0n) is 14.6. The first-order valence-corrected chi connectivity index (χ1v) is 8.51. The summed E-state index contributed by atoms with van der Waals surface area (Å²) in [7, 11) is 0. The number of aryl methyl sites for hydroxylation is 1. The molecule has 0 fully saturated rings. The van der Waals surface area contributed by atoms with Crippen LogP contribution in [0.15, 0.2) is 24.3 Å². The number of carbonyl (C=O) groups is 2. The van der Waals surface area contributed by atoms with Crippen molar-refractivity contribution in [2.75, 3.05) is 6.54 Å². The molecule has 0 radical (unpaired) electrons. The fraction of sp³-hybridized carbons (Fsp3) is 0.500. The van der Waals surface area contributed by atoms with E-state index in [2.05, 4.69) is 15.6 Å². The van der Waals surface area contributed by atoms with Crippen LogP contribution in [0.1, 0.15) is 39.4 Å². The third kappa shape index (κ3) is 4.81. The molecule has 130 valence electrons. The smallest absolute Gasteiger partial charge is 0.240 e. The molecule has 24 heavy (non-hydrogen) atoms. The molecule has 0 unspecified atom stereocenters. The van der Waals surface area contributed by atoms with Crippen molar-refractivity contribution in [3.05, 3.63) is 30.1 Å². The van der Waals surface area contributed by atoms with Crippen molar-refractivity contribution >= 4 is 22.8 Å². The summed E-state index contributed by atoms with van der Waals surface area (Å²) < 4.78 is 1.97. The van der Waals surface area contributed by atoms with Crippen molar-refractivity contribution in [3.63, 3.8) is 0 Å². The monoisotopic (exact) mass is 330 g/mol. The van der Waals surface area contributed by atoms with Crippen LogP contribution >= 0.6 is 0 Å². The zero-order valence-corrected chi connectivity index (χ0v) is 14.6. The highest BCUT2D eigenvalue weighted by Gasteiger charge is 2.13. The van der Waals surface area contributed by atoms with E-state index in [1.807, 2.05) is 49.6 Å². The molecule has 6 nitrogen and oxygen atoms in total. The summed E-state index contributed by atoms with van der Waals surface area (Å²) in [4.78, 5) is 28.1. The van der Waals surface area contributed by atoms with Gasteiger partial charge in [-0.2, -0.15) is 0 Å². The summed E-state index contributed by atoms with van der Waals surface area (Å²) in [5.74, 6) is 0.911. The van der Waals surface area contributed by atoms with E-state index in [0.717, 1.165) is 23.3 Å². The molecule has 0 saturated carbocycles. The number of rotatable bonds is 8. The molecule has 2 amide bonds. The highest BCUT2D eigenvalue weighted by Crippen LogP contribution is 2.17. The molecular formula is C18H26N4O2. The Morgan fingerprint density at radius 1 is 1.21 bits per heavy atom. The molecule has 2 rings (SSSR count). The number of benzene rings is 1. The second kappa shape index (κ2) is 8.47. The van der Waals surface area contributed by atoms with Crippen LogP contribution in [0.2, 0.25) is 0 Å². The van der Waals surface area contributed by atoms with Gasteiger partial charge in [-0.25, -0.2) is 4.98 Å². The molecule has 2 aromatic rings. The number of para-hydroxylation sites is 2.